The second kappa shape index (κ2) is 3.70. The lowest BCUT2D eigenvalue weighted by Gasteiger charge is -2.13. The third-order valence-electron chi connectivity index (χ3n) is 1.72. The summed E-state index contributed by atoms with van der Waals surface area (Å²) < 4.78 is 0. The van der Waals surface area contributed by atoms with Crippen LogP contribution in [0.2, 0.25) is 0 Å². The number of hydrogen-bond acceptors (Lipinski definition) is 6. The molecule has 6 nitrogen and oxygen atoms in total. The standard InChI is InChI=1S/C6H9N3O3/c10-7-4-2-1-3-5(8-11)6(4)9-12/h10-12H,1-3H2/b7-4+,8-5?,9-6?. The van der Waals surface area contributed by atoms with Crippen LogP contribution >= 0.6 is 0 Å². The fourth-order valence-corrected chi connectivity index (χ4v) is 1.14. The summed E-state index contributed by atoms with van der Waals surface area (Å²) in [6.45, 7) is 0. The molecule has 0 amide bonds. The van der Waals surface area contributed by atoms with E-state index in [9.17, 15) is 0 Å². The smallest absolute Gasteiger partial charge is 0.152 e. The molecule has 3 N–H and O–H groups in total. The van der Waals surface area contributed by atoms with E-state index in [0.717, 1.165) is 6.42 Å². The molecule has 0 radical (unpaired) electrons. The van der Waals surface area contributed by atoms with Gasteiger partial charge < -0.3 is 15.6 Å². The Morgan fingerprint density at radius 3 is 1.67 bits per heavy atom. The molecule has 0 spiro atoms. The molecule has 0 aromatic rings. The lowest BCUT2D eigenvalue weighted by Crippen LogP contribution is -2.29. The van der Waals surface area contributed by atoms with Crippen LogP contribution in [0.15, 0.2) is 15.5 Å². The van der Waals surface area contributed by atoms with Crippen molar-refractivity contribution >= 4 is 17.1 Å². The quantitative estimate of drug-likeness (QED) is 0.369. The van der Waals surface area contributed by atoms with Crippen molar-refractivity contribution in [2.24, 2.45) is 15.5 Å². The summed E-state index contributed by atoms with van der Waals surface area (Å²) in [7, 11) is 0. The highest BCUT2D eigenvalue weighted by Gasteiger charge is 2.23. The van der Waals surface area contributed by atoms with Gasteiger partial charge in [0.25, 0.3) is 0 Å². The Balaban J connectivity index is 2.97. The summed E-state index contributed by atoms with van der Waals surface area (Å²) in [5.74, 6) is 0. The highest BCUT2D eigenvalue weighted by Crippen LogP contribution is 2.11. The van der Waals surface area contributed by atoms with E-state index in [0.29, 0.717) is 12.8 Å². The Morgan fingerprint density at radius 2 is 1.33 bits per heavy atom. The van der Waals surface area contributed by atoms with Gasteiger partial charge in [-0.05, 0) is 19.3 Å². The zero-order valence-corrected chi connectivity index (χ0v) is 6.30. The van der Waals surface area contributed by atoms with Crippen LogP contribution in [0.25, 0.3) is 0 Å². The van der Waals surface area contributed by atoms with E-state index in [1.165, 1.54) is 0 Å². The van der Waals surface area contributed by atoms with E-state index in [1.54, 1.807) is 0 Å². The van der Waals surface area contributed by atoms with Gasteiger partial charge in [0.15, 0.2) is 5.71 Å². The molecule has 0 heterocycles. The van der Waals surface area contributed by atoms with Gasteiger partial charge in [-0.1, -0.05) is 15.5 Å². The summed E-state index contributed by atoms with van der Waals surface area (Å²) in [5.41, 5.74) is 0.555. The average molecular weight is 171 g/mol. The number of rotatable bonds is 0. The van der Waals surface area contributed by atoms with E-state index in [-0.39, 0.29) is 17.1 Å². The van der Waals surface area contributed by atoms with Gasteiger partial charge in [-0.25, -0.2) is 0 Å². The van der Waals surface area contributed by atoms with Crippen LogP contribution in [0, 0.1) is 0 Å². The molecule has 0 aromatic carbocycles. The minimum atomic E-state index is 0.0613. The van der Waals surface area contributed by atoms with Crippen LogP contribution in [-0.4, -0.2) is 32.8 Å². The molecule has 0 aliphatic heterocycles. The average Bonchev–Trinajstić information content (AvgIpc) is 2.16. The third kappa shape index (κ3) is 1.36. The number of hydrogen-bond donors (Lipinski definition) is 3. The molecule has 1 rings (SSSR count). The van der Waals surface area contributed by atoms with Gasteiger partial charge in [0, 0.05) is 0 Å². The van der Waals surface area contributed by atoms with Crippen LogP contribution in [0.1, 0.15) is 19.3 Å². The van der Waals surface area contributed by atoms with Crippen molar-refractivity contribution in [1.82, 2.24) is 0 Å². The van der Waals surface area contributed by atoms with Gasteiger partial charge in [-0.15, -0.1) is 0 Å². The second-order valence-corrected chi connectivity index (χ2v) is 2.40. The first-order chi connectivity index (χ1) is 5.83. The van der Waals surface area contributed by atoms with E-state index in [2.05, 4.69) is 15.5 Å². The number of oxime groups is 3. The highest BCUT2D eigenvalue weighted by atomic mass is 16.4. The zero-order valence-electron chi connectivity index (χ0n) is 6.30. The molecular weight excluding hydrogens is 162 g/mol. The normalized spacial score (nSPS) is 28.5. The van der Waals surface area contributed by atoms with Crippen molar-refractivity contribution in [1.29, 1.82) is 0 Å². The summed E-state index contributed by atoms with van der Waals surface area (Å²) in [4.78, 5) is 0. The van der Waals surface area contributed by atoms with Crippen molar-refractivity contribution < 1.29 is 15.6 Å². The van der Waals surface area contributed by atoms with Gasteiger partial charge in [-0.3, -0.25) is 0 Å². The first kappa shape index (κ1) is 8.51. The Labute approximate surface area is 68.5 Å². The van der Waals surface area contributed by atoms with Gasteiger partial charge in [0.2, 0.25) is 0 Å². The minimum Gasteiger partial charge on any atom is -0.411 e. The summed E-state index contributed by atoms with van der Waals surface area (Å²) >= 11 is 0. The fraction of sp³-hybridized carbons (Fsp3) is 0.500. The first-order valence-electron chi connectivity index (χ1n) is 3.48. The topological polar surface area (TPSA) is 97.8 Å². The fourth-order valence-electron chi connectivity index (χ4n) is 1.14. The van der Waals surface area contributed by atoms with Gasteiger partial charge in [0.1, 0.15) is 11.4 Å². The van der Waals surface area contributed by atoms with Crippen LogP contribution in [-0.2, 0) is 0 Å². The summed E-state index contributed by atoms with van der Waals surface area (Å²) in [6.07, 6.45) is 1.77. The Hall–Kier alpha value is -1.59. The largest absolute Gasteiger partial charge is 0.411 e. The Morgan fingerprint density at radius 1 is 0.833 bits per heavy atom. The molecule has 1 aliphatic carbocycles. The molecule has 12 heavy (non-hydrogen) atoms. The lowest BCUT2D eigenvalue weighted by atomic mass is 9.94. The maximum absolute atomic E-state index is 8.50. The van der Waals surface area contributed by atoms with Crippen molar-refractivity contribution in [3.8, 4) is 0 Å². The van der Waals surface area contributed by atoms with E-state index >= 15 is 0 Å². The van der Waals surface area contributed by atoms with Crippen molar-refractivity contribution in [3.05, 3.63) is 0 Å². The molecule has 6 heteroatoms. The van der Waals surface area contributed by atoms with Crippen LogP contribution < -0.4 is 0 Å². The highest BCUT2D eigenvalue weighted by molar-refractivity contribution is 6.69. The predicted octanol–water partition coefficient (Wildman–Crippen LogP) is 0.661. The van der Waals surface area contributed by atoms with E-state index in [1.807, 2.05) is 0 Å². The molecule has 1 fully saturated rings. The van der Waals surface area contributed by atoms with Crippen molar-refractivity contribution in [2.45, 2.75) is 19.3 Å². The first-order valence-corrected chi connectivity index (χ1v) is 3.48. The minimum absolute atomic E-state index is 0.0613. The second-order valence-electron chi connectivity index (χ2n) is 2.40. The number of nitrogens with zero attached hydrogens (tertiary/aromatic N) is 3. The molecule has 66 valence electrons. The van der Waals surface area contributed by atoms with Gasteiger partial charge in [-0.2, -0.15) is 0 Å². The molecule has 1 saturated carbocycles. The molecule has 0 aromatic heterocycles. The maximum Gasteiger partial charge on any atom is 0.152 e. The summed E-state index contributed by atoms with van der Waals surface area (Å²) in [6, 6.07) is 0. The third-order valence-corrected chi connectivity index (χ3v) is 1.72. The predicted molar refractivity (Wildman–Crippen MR) is 41.5 cm³/mol. The van der Waals surface area contributed by atoms with Crippen molar-refractivity contribution in [2.75, 3.05) is 0 Å². The van der Waals surface area contributed by atoms with Crippen molar-refractivity contribution in [3.63, 3.8) is 0 Å². The molecule has 0 saturated heterocycles. The van der Waals surface area contributed by atoms with Crippen LogP contribution in [0.3, 0.4) is 0 Å². The van der Waals surface area contributed by atoms with Crippen LogP contribution in [0.4, 0.5) is 0 Å². The zero-order chi connectivity index (χ0) is 8.97. The molecule has 0 unspecified atom stereocenters. The Kier molecular flexibility index (Phi) is 2.62. The summed E-state index contributed by atoms with van der Waals surface area (Å²) in [5, 5.41) is 34.2. The monoisotopic (exact) mass is 171 g/mol. The molecular formula is C6H9N3O3. The maximum atomic E-state index is 8.50. The van der Waals surface area contributed by atoms with E-state index < -0.39 is 0 Å². The van der Waals surface area contributed by atoms with Gasteiger partial charge >= 0.3 is 0 Å². The molecule has 0 atom stereocenters. The lowest BCUT2D eigenvalue weighted by molar-refractivity contribution is 0.309. The van der Waals surface area contributed by atoms with E-state index in [4.69, 9.17) is 15.6 Å². The molecule has 1 aliphatic rings. The molecule has 0 bridgehead atoms. The van der Waals surface area contributed by atoms with Crippen LogP contribution in [0.5, 0.6) is 0 Å². The Bertz CT molecular complexity index is 235. The van der Waals surface area contributed by atoms with Gasteiger partial charge in [0.05, 0.1) is 0 Å². The SMILES string of the molecule is ON=C1CCC/C(=N\O)C1=NO.